The quantitative estimate of drug-likeness (QED) is 0.615. The second-order valence-electron chi connectivity index (χ2n) is 5.06. The molecule has 0 aromatic carbocycles. The zero-order valence-corrected chi connectivity index (χ0v) is 10.4. The summed E-state index contributed by atoms with van der Waals surface area (Å²) in [6.45, 7) is 3.57. The van der Waals surface area contributed by atoms with E-state index in [4.69, 9.17) is 5.73 Å². The summed E-state index contributed by atoms with van der Waals surface area (Å²) in [5.74, 6) is -0.670. The molecular weight excluding hydrogens is 204 g/mol. The summed E-state index contributed by atoms with van der Waals surface area (Å²) in [6, 6.07) is 0. The van der Waals surface area contributed by atoms with Crippen LogP contribution in [0.2, 0.25) is 0 Å². The fourth-order valence-corrected chi connectivity index (χ4v) is 2.13. The lowest BCUT2D eigenvalue weighted by Crippen LogP contribution is -2.57. The largest absolute Gasteiger partial charge is 0.480 e. The fourth-order valence-electron chi connectivity index (χ4n) is 2.13. The summed E-state index contributed by atoms with van der Waals surface area (Å²) in [6.07, 6.45) is 5.42. The summed E-state index contributed by atoms with van der Waals surface area (Å²) in [5.41, 5.74) is 4.98. The Bertz CT molecular complexity index is 241. The first-order chi connectivity index (χ1) is 7.50. The summed E-state index contributed by atoms with van der Waals surface area (Å²) < 4.78 is 0. The maximum Gasteiger partial charge on any atom is 0.325 e. The Balaban J connectivity index is 2.39. The van der Waals surface area contributed by atoms with Gasteiger partial charge in [0.05, 0.1) is 0 Å². The van der Waals surface area contributed by atoms with E-state index in [1.165, 1.54) is 12.8 Å². The minimum Gasteiger partial charge on any atom is -0.480 e. The van der Waals surface area contributed by atoms with Crippen LogP contribution < -0.4 is 5.73 Å². The van der Waals surface area contributed by atoms with Crippen molar-refractivity contribution in [2.45, 2.75) is 44.6 Å². The molecule has 0 amide bonds. The Labute approximate surface area is 97.8 Å². The molecule has 0 radical (unpaired) electrons. The lowest BCUT2D eigenvalue weighted by molar-refractivity contribution is -0.145. The number of nitrogens with two attached hydrogens (primary N) is 1. The predicted octanol–water partition coefficient (Wildman–Crippen LogP) is 1.30. The molecule has 1 atom stereocenters. The number of likely N-dealkylation sites (N-methyl/N-ethyl adjacent to an activating group) is 1. The minimum atomic E-state index is -1.03. The van der Waals surface area contributed by atoms with Gasteiger partial charge in [-0.05, 0) is 38.8 Å². The van der Waals surface area contributed by atoms with Crippen molar-refractivity contribution in [2.75, 3.05) is 20.1 Å². The van der Waals surface area contributed by atoms with Crippen molar-refractivity contribution in [1.29, 1.82) is 0 Å². The molecule has 1 rings (SSSR count). The van der Waals surface area contributed by atoms with Crippen molar-refractivity contribution in [1.82, 2.24) is 4.90 Å². The van der Waals surface area contributed by atoms with Crippen LogP contribution in [-0.2, 0) is 4.79 Å². The van der Waals surface area contributed by atoms with Crippen molar-refractivity contribution < 1.29 is 9.90 Å². The number of rotatable bonds is 8. The summed E-state index contributed by atoms with van der Waals surface area (Å²) >= 11 is 0. The number of hydrogen-bond acceptors (Lipinski definition) is 3. The van der Waals surface area contributed by atoms with E-state index in [1.54, 1.807) is 0 Å². The molecule has 3 N–H and O–H groups in total. The molecule has 0 heterocycles. The first-order valence-corrected chi connectivity index (χ1v) is 6.21. The van der Waals surface area contributed by atoms with E-state index in [2.05, 4.69) is 11.8 Å². The van der Waals surface area contributed by atoms with Gasteiger partial charge in [-0.1, -0.05) is 19.8 Å². The third kappa shape index (κ3) is 3.46. The Morgan fingerprint density at radius 1 is 1.50 bits per heavy atom. The number of nitrogens with zero attached hydrogens (tertiary/aromatic N) is 1. The van der Waals surface area contributed by atoms with Crippen LogP contribution >= 0.6 is 0 Å². The third-order valence-corrected chi connectivity index (χ3v) is 3.38. The van der Waals surface area contributed by atoms with Crippen LogP contribution in [0.15, 0.2) is 0 Å². The van der Waals surface area contributed by atoms with Crippen LogP contribution in [0.25, 0.3) is 0 Å². The van der Waals surface area contributed by atoms with Gasteiger partial charge in [-0.3, -0.25) is 4.79 Å². The standard InChI is InChI=1S/C12H24N2O2/c1-3-4-5-8-14(2)9-12(13,11(15)16)10-6-7-10/h10H,3-9,13H2,1-2H3,(H,15,16). The van der Waals surface area contributed by atoms with E-state index in [9.17, 15) is 9.90 Å². The van der Waals surface area contributed by atoms with E-state index in [1.807, 2.05) is 7.05 Å². The lowest BCUT2D eigenvalue weighted by Gasteiger charge is -2.30. The Morgan fingerprint density at radius 2 is 2.12 bits per heavy atom. The van der Waals surface area contributed by atoms with Gasteiger partial charge >= 0.3 is 5.97 Å². The molecule has 0 saturated heterocycles. The highest BCUT2D eigenvalue weighted by Crippen LogP contribution is 2.38. The lowest BCUT2D eigenvalue weighted by atomic mass is 9.94. The molecule has 16 heavy (non-hydrogen) atoms. The number of aliphatic carboxylic acids is 1. The van der Waals surface area contributed by atoms with Gasteiger partial charge < -0.3 is 15.7 Å². The molecule has 0 aliphatic heterocycles. The smallest absolute Gasteiger partial charge is 0.325 e. The van der Waals surface area contributed by atoms with Gasteiger partial charge in [0.2, 0.25) is 0 Å². The van der Waals surface area contributed by atoms with Gasteiger partial charge in [0.1, 0.15) is 5.54 Å². The monoisotopic (exact) mass is 228 g/mol. The second-order valence-corrected chi connectivity index (χ2v) is 5.06. The van der Waals surface area contributed by atoms with E-state index in [0.717, 1.165) is 25.8 Å². The van der Waals surface area contributed by atoms with Crippen molar-refractivity contribution in [3.8, 4) is 0 Å². The van der Waals surface area contributed by atoms with Gasteiger partial charge in [-0.2, -0.15) is 0 Å². The molecule has 1 saturated carbocycles. The highest BCUT2D eigenvalue weighted by Gasteiger charge is 2.48. The molecule has 1 aliphatic rings. The molecule has 1 aliphatic carbocycles. The van der Waals surface area contributed by atoms with Crippen LogP contribution in [-0.4, -0.2) is 41.7 Å². The Morgan fingerprint density at radius 3 is 2.56 bits per heavy atom. The first-order valence-electron chi connectivity index (χ1n) is 6.21. The van der Waals surface area contributed by atoms with Crippen molar-refractivity contribution in [3.63, 3.8) is 0 Å². The molecule has 0 bridgehead atoms. The van der Waals surface area contributed by atoms with Crippen molar-refractivity contribution in [2.24, 2.45) is 11.7 Å². The van der Waals surface area contributed by atoms with Crippen LogP contribution in [0.3, 0.4) is 0 Å². The topological polar surface area (TPSA) is 66.6 Å². The molecule has 4 nitrogen and oxygen atoms in total. The normalized spacial score (nSPS) is 19.8. The summed E-state index contributed by atoms with van der Waals surface area (Å²) in [7, 11) is 1.96. The number of carboxylic acids is 1. The first kappa shape index (κ1) is 13.5. The fraction of sp³-hybridized carbons (Fsp3) is 0.917. The zero-order valence-electron chi connectivity index (χ0n) is 10.4. The summed E-state index contributed by atoms with van der Waals surface area (Å²) in [5, 5.41) is 9.21. The Hall–Kier alpha value is -0.610. The maximum atomic E-state index is 11.2. The Kier molecular flexibility index (Phi) is 4.74. The molecule has 94 valence electrons. The maximum absolute atomic E-state index is 11.2. The molecular formula is C12H24N2O2. The average Bonchev–Trinajstić information content (AvgIpc) is 3.00. The van der Waals surface area contributed by atoms with Crippen molar-refractivity contribution in [3.05, 3.63) is 0 Å². The average molecular weight is 228 g/mol. The molecule has 1 unspecified atom stereocenters. The van der Waals surface area contributed by atoms with Crippen LogP contribution in [0.4, 0.5) is 0 Å². The van der Waals surface area contributed by atoms with E-state index >= 15 is 0 Å². The number of hydrogen-bond donors (Lipinski definition) is 2. The van der Waals surface area contributed by atoms with Crippen molar-refractivity contribution >= 4 is 5.97 Å². The highest BCUT2D eigenvalue weighted by atomic mass is 16.4. The van der Waals surface area contributed by atoms with Gasteiger partial charge in [0, 0.05) is 6.54 Å². The molecule has 1 fully saturated rings. The molecule has 0 aromatic heterocycles. The van der Waals surface area contributed by atoms with Gasteiger partial charge in [-0.25, -0.2) is 0 Å². The molecule has 0 spiro atoms. The highest BCUT2D eigenvalue weighted by molar-refractivity contribution is 5.79. The van der Waals surface area contributed by atoms with E-state index < -0.39 is 11.5 Å². The number of carboxylic acid groups (broad SMARTS) is 1. The van der Waals surface area contributed by atoms with Crippen LogP contribution in [0, 0.1) is 5.92 Å². The zero-order chi connectivity index (χ0) is 12.2. The SMILES string of the molecule is CCCCCN(C)CC(N)(C(=O)O)C1CC1. The number of carbonyl (C=O) groups is 1. The minimum absolute atomic E-state index is 0.179. The van der Waals surface area contributed by atoms with Gasteiger partial charge in [-0.15, -0.1) is 0 Å². The van der Waals surface area contributed by atoms with Gasteiger partial charge in [0.15, 0.2) is 0 Å². The summed E-state index contributed by atoms with van der Waals surface area (Å²) in [4.78, 5) is 13.3. The van der Waals surface area contributed by atoms with Crippen LogP contribution in [0.5, 0.6) is 0 Å². The molecule has 0 aromatic rings. The predicted molar refractivity (Wildman–Crippen MR) is 64.3 cm³/mol. The third-order valence-electron chi connectivity index (χ3n) is 3.38. The van der Waals surface area contributed by atoms with Gasteiger partial charge in [0.25, 0.3) is 0 Å². The number of unbranched alkanes of at least 4 members (excludes halogenated alkanes) is 2. The van der Waals surface area contributed by atoms with E-state index in [0.29, 0.717) is 6.54 Å². The van der Waals surface area contributed by atoms with E-state index in [-0.39, 0.29) is 5.92 Å². The molecule has 4 heteroatoms. The van der Waals surface area contributed by atoms with Crippen LogP contribution in [0.1, 0.15) is 39.0 Å². The second kappa shape index (κ2) is 5.64.